The fourth-order valence-electron chi connectivity index (χ4n) is 1.06. The highest BCUT2D eigenvalue weighted by molar-refractivity contribution is 9.10. The molecule has 5 nitrogen and oxygen atoms in total. The summed E-state index contributed by atoms with van der Waals surface area (Å²) in [6, 6.07) is 1.57. The summed E-state index contributed by atoms with van der Waals surface area (Å²) in [6.07, 6.45) is 1.35. The van der Waals surface area contributed by atoms with Gasteiger partial charge in [0.15, 0.2) is 4.67 Å². The number of furan rings is 1. The molecule has 1 heterocycles. The average molecular weight is 289 g/mol. The van der Waals surface area contributed by atoms with Gasteiger partial charge in [0.25, 0.3) is 5.91 Å². The van der Waals surface area contributed by atoms with Gasteiger partial charge >= 0.3 is 0 Å². The molecule has 1 aromatic rings. The van der Waals surface area contributed by atoms with Crippen molar-refractivity contribution in [2.24, 2.45) is 0 Å². The van der Waals surface area contributed by atoms with Crippen LogP contribution in [0.5, 0.6) is 0 Å². The van der Waals surface area contributed by atoms with Gasteiger partial charge in [-0.2, -0.15) is 0 Å². The molecule has 0 unspecified atom stereocenters. The van der Waals surface area contributed by atoms with Gasteiger partial charge in [-0.15, -0.1) is 0 Å². The standard InChI is InChI=1S/C10H13BrN2O3/c1-12(2)9(14)5-13(3)10(15)7-4-8(11)16-6-7/h4,6H,5H2,1-3H3. The van der Waals surface area contributed by atoms with E-state index in [1.807, 2.05) is 0 Å². The van der Waals surface area contributed by atoms with Crippen molar-refractivity contribution in [2.45, 2.75) is 0 Å². The average Bonchev–Trinajstić information content (AvgIpc) is 2.63. The van der Waals surface area contributed by atoms with Crippen LogP contribution in [0.2, 0.25) is 0 Å². The van der Waals surface area contributed by atoms with Crippen molar-refractivity contribution in [3.63, 3.8) is 0 Å². The second-order valence-electron chi connectivity index (χ2n) is 3.59. The zero-order valence-corrected chi connectivity index (χ0v) is 10.9. The van der Waals surface area contributed by atoms with Gasteiger partial charge in [-0.1, -0.05) is 0 Å². The topological polar surface area (TPSA) is 53.8 Å². The summed E-state index contributed by atoms with van der Waals surface area (Å²) < 4.78 is 5.45. The molecule has 0 aliphatic carbocycles. The van der Waals surface area contributed by atoms with Gasteiger partial charge < -0.3 is 14.2 Å². The summed E-state index contributed by atoms with van der Waals surface area (Å²) in [7, 11) is 4.87. The number of halogens is 1. The van der Waals surface area contributed by atoms with Crippen LogP contribution in [0.25, 0.3) is 0 Å². The Labute approximate surface area is 102 Å². The molecular weight excluding hydrogens is 276 g/mol. The maximum absolute atomic E-state index is 11.8. The van der Waals surface area contributed by atoms with Gasteiger partial charge in [-0.3, -0.25) is 9.59 Å². The molecule has 0 radical (unpaired) electrons. The molecule has 0 spiro atoms. The second-order valence-corrected chi connectivity index (χ2v) is 4.37. The Morgan fingerprint density at radius 2 is 2.00 bits per heavy atom. The van der Waals surface area contributed by atoms with Crippen molar-refractivity contribution in [3.8, 4) is 0 Å². The minimum atomic E-state index is -0.246. The van der Waals surface area contributed by atoms with Crippen molar-refractivity contribution in [3.05, 3.63) is 22.6 Å². The largest absolute Gasteiger partial charge is 0.457 e. The Morgan fingerprint density at radius 3 is 2.44 bits per heavy atom. The van der Waals surface area contributed by atoms with Crippen LogP contribution in [-0.2, 0) is 4.79 Å². The van der Waals surface area contributed by atoms with Crippen LogP contribution >= 0.6 is 15.9 Å². The molecule has 1 rings (SSSR count). The minimum Gasteiger partial charge on any atom is -0.457 e. The summed E-state index contributed by atoms with van der Waals surface area (Å²) >= 11 is 3.11. The fourth-order valence-corrected chi connectivity index (χ4v) is 1.40. The maximum Gasteiger partial charge on any atom is 0.257 e. The first kappa shape index (κ1) is 12.8. The molecule has 0 aromatic carbocycles. The lowest BCUT2D eigenvalue weighted by molar-refractivity contribution is -0.129. The molecular formula is C10H13BrN2O3. The van der Waals surface area contributed by atoms with Crippen molar-refractivity contribution >= 4 is 27.7 Å². The fraction of sp³-hybridized carbons (Fsp3) is 0.400. The van der Waals surface area contributed by atoms with Crippen molar-refractivity contribution in [2.75, 3.05) is 27.7 Å². The summed E-state index contributed by atoms with van der Waals surface area (Å²) in [5, 5.41) is 0. The van der Waals surface area contributed by atoms with E-state index in [2.05, 4.69) is 15.9 Å². The van der Waals surface area contributed by atoms with E-state index in [9.17, 15) is 9.59 Å². The molecule has 0 bridgehead atoms. The third-order valence-electron chi connectivity index (χ3n) is 2.03. The van der Waals surface area contributed by atoms with E-state index < -0.39 is 0 Å². The molecule has 0 aliphatic heterocycles. The normalized spacial score (nSPS) is 10.0. The number of rotatable bonds is 3. The Kier molecular flexibility index (Phi) is 4.12. The van der Waals surface area contributed by atoms with Crippen LogP contribution in [0, 0.1) is 0 Å². The predicted molar refractivity (Wildman–Crippen MR) is 62.1 cm³/mol. The molecule has 0 fully saturated rings. The molecule has 2 amide bonds. The van der Waals surface area contributed by atoms with Crippen LogP contribution in [0.1, 0.15) is 10.4 Å². The second kappa shape index (κ2) is 5.16. The van der Waals surface area contributed by atoms with Crippen molar-refractivity contribution in [1.29, 1.82) is 0 Å². The lowest BCUT2D eigenvalue weighted by Crippen LogP contribution is -2.37. The Hall–Kier alpha value is -1.30. The molecule has 0 atom stereocenters. The van der Waals surface area contributed by atoms with E-state index in [0.29, 0.717) is 10.2 Å². The zero-order valence-electron chi connectivity index (χ0n) is 9.36. The summed E-state index contributed by atoms with van der Waals surface area (Å²) in [5.41, 5.74) is 0.418. The van der Waals surface area contributed by atoms with E-state index in [1.54, 1.807) is 27.2 Å². The van der Waals surface area contributed by atoms with E-state index >= 15 is 0 Å². The number of likely N-dealkylation sites (N-methyl/N-ethyl adjacent to an activating group) is 2. The molecule has 0 aliphatic rings. The molecule has 1 aromatic heterocycles. The molecule has 0 saturated carbocycles. The highest BCUT2D eigenvalue weighted by Crippen LogP contribution is 2.15. The van der Waals surface area contributed by atoms with Crippen LogP contribution < -0.4 is 0 Å². The molecule has 88 valence electrons. The van der Waals surface area contributed by atoms with Gasteiger partial charge in [0, 0.05) is 27.2 Å². The van der Waals surface area contributed by atoms with E-state index in [-0.39, 0.29) is 18.4 Å². The lowest BCUT2D eigenvalue weighted by atomic mass is 10.3. The van der Waals surface area contributed by atoms with Gasteiger partial charge in [0.05, 0.1) is 12.1 Å². The highest BCUT2D eigenvalue weighted by atomic mass is 79.9. The number of carbonyl (C=O) groups is 2. The number of nitrogens with zero attached hydrogens (tertiary/aromatic N) is 2. The summed E-state index contributed by atoms with van der Waals surface area (Å²) in [5.74, 6) is -0.372. The Bertz CT molecular complexity index is 401. The quantitative estimate of drug-likeness (QED) is 0.840. The van der Waals surface area contributed by atoms with E-state index in [0.717, 1.165) is 0 Å². The lowest BCUT2D eigenvalue weighted by Gasteiger charge is -2.18. The zero-order chi connectivity index (χ0) is 12.3. The summed E-state index contributed by atoms with van der Waals surface area (Å²) in [6.45, 7) is 0.0502. The van der Waals surface area contributed by atoms with E-state index in [1.165, 1.54) is 16.1 Å². The maximum atomic E-state index is 11.8. The van der Waals surface area contributed by atoms with Gasteiger partial charge in [-0.05, 0) is 15.9 Å². The third-order valence-corrected chi connectivity index (χ3v) is 2.45. The number of carbonyl (C=O) groups excluding carboxylic acids is 2. The molecule has 0 saturated heterocycles. The first-order chi connectivity index (χ1) is 7.41. The van der Waals surface area contributed by atoms with Gasteiger partial charge in [-0.25, -0.2) is 0 Å². The molecule has 6 heteroatoms. The SMILES string of the molecule is CN(C)C(=O)CN(C)C(=O)c1coc(Br)c1. The predicted octanol–water partition coefficient (Wildman–Crippen LogP) is 1.20. The van der Waals surface area contributed by atoms with Crippen molar-refractivity contribution < 1.29 is 14.0 Å². The van der Waals surface area contributed by atoms with Gasteiger partial charge in [0.2, 0.25) is 5.91 Å². The third kappa shape index (κ3) is 3.10. The number of hydrogen-bond acceptors (Lipinski definition) is 3. The smallest absolute Gasteiger partial charge is 0.257 e. The van der Waals surface area contributed by atoms with Crippen LogP contribution in [0.15, 0.2) is 21.4 Å². The number of amides is 2. The summed E-state index contributed by atoms with van der Waals surface area (Å²) in [4.78, 5) is 26.0. The number of hydrogen-bond donors (Lipinski definition) is 0. The highest BCUT2D eigenvalue weighted by Gasteiger charge is 2.17. The first-order valence-corrected chi connectivity index (χ1v) is 5.40. The first-order valence-electron chi connectivity index (χ1n) is 4.61. The minimum absolute atomic E-state index is 0.0502. The van der Waals surface area contributed by atoms with E-state index in [4.69, 9.17) is 4.42 Å². The Morgan fingerprint density at radius 1 is 1.38 bits per heavy atom. The monoisotopic (exact) mass is 288 g/mol. The van der Waals surface area contributed by atoms with Crippen LogP contribution in [0.3, 0.4) is 0 Å². The van der Waals surface area contributed by atoms with Crippen LogP contribution in [-0.4, -0.2) is 49.3 Å². The van der Waals surface area contributed by atoms with Crippen LogP contribution in [0.4, 0.5) is 0 Å². The van der Waals surface area contributed by atoms with Crippen molar-refractivity contribution in [1.82, 2.24) is 9.80 Å². The van der Waals surface area contributed by atoms with Gasteiger partial charge in [0.1, 0.15) is 6.26 Å². The molecule has 0 N–H and O–H groups in total. The Balaban J connectivity index is 2.65. The molecule has 16 heavy (non-hydrogen) atoms.